The number of fused-ring (bicyclic) bond motifs is 1. The van der Waals surface area contributed by atoms with E-state index in [1.54, 1.807) is 0 Å². The minimum atomic E-state index is 0.213. The summed E-state index contributed by atoms with van der Waals surface area (Å²) in [5.74, 6) is 0.866. The smallest absolute Gasteiger partial charge is 0.150 e. The highest BCUT2D eigenvalue weighted by atomic mass is 35.5. The normalized spacial score (nSPS) is 15.5. The van der Waals surface area contributed by atoms with Gasteiger partial charge in [0, 0.05) is 48.1 Å². The van der Waals surface area contributed by atoms with Crippen molar-refractivity contribution in [2.24, 2.45) is 0 Å². The Kier molecular flexibility index (Phi) is 4.36. The van der Waals surface area contributed by atoms with Gasteiger partial charge in [0.15, 0.2) is 6.29 Å². The topological polar surface area (TPSA) is 34.5 Å². The predicted octanol–water partition coefficient (Wildman–Crippen LogP) is 4.29. The molecular weight excluding hydrogens is 336 g/mol. The molecule has 0 saturated carbocycles. The molecule has 4 rings (SSSR count). The zero-order valence-corrected chi connectivity index (χ0v) is 14.5. The largest absolute Gasteiger partial charge is 0.490 e. The van der Waals surface area contributed by atoms with Gasteiger partial charge >= 0.3 is 0 Å². The zero-order chi connectivity index (χ0) is 17.2. The lowest BCUT2D eigenvalue weighted by molar-refractivity contribution is 0.112. The number of nitrogens with zero attached hydrogens (tertiary/aromatic N) is 2. The second kappa shape index (κ2) is 6.81. The standard InChI is InChI=1S/C20H19ClN2O2/c21-16-4-6-17(7-5-16)25-18-8-11-22(12-9-18)23-13-10-19-15(14-24)2-1-3-20(19)23/h1-7,10,13-14,18H,8-9,11-12H2. The number of rotatable bonds is 4. The van der Waals surface area contributed by atoms with E-state index in [1.807, 2.05) is 48.7 Å². The Balaban J connectivity index is 1.45. The SMILES string of the molecule is O=Cc1cccc2c1ccn2N1CCC(Oc2ccc(Cl)cc2)CC1. The summed E-state index contributed by atoms with van der Waals surface area (Å²) in [5, 5.41) is 4.02. The molecule has 0 bridgehead atoms. The first-order valence-corrected chi connectivity index (χ1v) is 8.85. The van der Waals surface area contributed by atoms with Crippen LogP contribution in [0.5, 0.6) is 5.75 Å². The summed E-state index contributed by atoms with van der Waals surface area (Å²) in [6.07, 6.45) is 5.08. The molecule has 1 fully saturated rings. The molecule has 0 atom stereocenters. The molecule has 2 aromatic carbocycles. The lowest BCUT2D eigenvalue weighted by Gasteiger charge is -2.34. The van der Waals surface area contributed by atoms with E-state index in [0.717, 1.165) is 59.5 Å². The summed E-state index contributed by atoms with van der Waals surface area (Å²) in [7, 11) is 0. The van der Waals surface area contributed by atoms with Gasteiger partial charge in [-0.15, -0.1) is 0 Å². The summed E-state index contributed by atoms with van der Waals surface area (Å²) in [6, 6.07) is 15.4. The number of carbonyl (C=O) groups excluding carboxylic acids is 1. The fourth-order valence-electron chi connectivity index (χ4n) is 3.41. The van der Waals surface area contributed by atoms with E-state index in [-0.39, 0.29) is 6.10 Å². The first kappa shape index (κ1) is 16.0. The minimum Gasteiger partial charge on any atom is -0.490 e. The molecule has 25 heavy (non-hydrogen) atoms. The lowest BCUT2D eigenvalue weighted by atomic mass is 10.1. The molecule has 0 unspecified atom stereocenters. The van der Waals surface area contributed by atoms with Crippen LogP contribution in [-0.4, -0.2) is 30.2 Å². The van der Waals surface area contributed by atoms with Gasteiger partial charge in [0.05, 0.1) is 5.52 Å². The number of aldehydes is 1. The summed E-state index contributed by atoms with van der Waals surface area (Å²) in [5.41, 5.74) is 1.80. The van der Waals surface area contributed by atoms with Crippen molar-refractivity contribution in [3.05, 3.63) is 65.3 Å². The summed E-state index contributed by atoms with van der Waals surface area (Å²) in [6.45, 7) is 1.82. The Bertz CT molecular complexity index is 880. The third-order valence-electron chi connectivity index (χ3n) is 4.71. The van der Waals surface area contributed by atoms with Crippen LogP contribution in [0.15, 0.2) is 54.7 Å². The fourth-order valence-corrected chi connectivity index (χ4v) is 3.53. The van der Waals surface area contributed by atoms with Crippen LogP contribution in [-0.2, 0) is 0 Å². The first-order valence-electron chi connectivity index (χ1n) is 8.47. The molecule has 128 valence electrons. The summed E-state index contributed by atoms with van der Waals surface area (Å²) in [4.78, 5) is 11.2. The highest BCUT2D eigenvalue weighted by molar-refractivity contribution is 6.30. The van der Waals surface area contributed by atoms with Crippen molar-refractivity contribution < 1.29 is 9.53 Å². The fraction of sp³-hybridized carbons (Fsp3) is 0.250. The Morgan fingerprint density at radius 1 is 1.04 bits per heavy atom. The molecule has 4 nitrogen and oxygen atoms in total. The Hall–Kier alpha value is -2.46. The number of aromatic nitrogens is 1. The third kappa shape index (κ3) is 3.22. The number of ether oxygens (including phenoxy) is 1. The molecular formula is C20H19ClN2O2. The van der Waals surface area contributed by atoms with Gasteiger partial charge in [-0.2, -0.15) is 0 Å². The van der Waals surface area contributed by atoms with Crippen molar-refractivity contribution in [1.29, 1.82) is 0 Å². The maximum absolute atomic E-state index is 11.2. The average Bonchev–Trinajstić information content (AvgIpc) is 3.08. The van der Waals surface area contributed by atoms with Crippen molar-refractivity contribution in [3.63, 3.8) is 0 Å². The van der Waals surface area contributed by atoms with E-state index in [1.165, 1.54) is 0 Å². The van der Waals surface area contributed by atoms with Crippen molar-refractivity contribution in [2.75, 3.05) is 18.1 Å². The van der Waals surface area contributed by atoms with E-state index in [2.05, 4.69) is 15.8 Å². The summed E-state index contributed by atoms with van der Waals surface area (Å²) < 4.78 is 8.21. The number of carbonyl (C=O) groups is 1. The van der Waals surface area contributed by atoms with Crippen molar-refractivity contribution >= 4 is 28.8 Å². The van der Waals surface area contributed by atoms with E-state index in [0.29, 0.717) is 0 Å². The van der Waals surface area contributed by atoms with Crippen LogP contribution in [0.4, 0.5) is 0 Å². The molecule has 0 N–H and O–H groups in total. The zero-order valence-electron chi connectivity index (χ0n) is 13.8. The molecule has 0 amide bonds. The van der Waals surface area contributed by atoms with E-state index in [9.17, 15) is 4.79 Å². The summed E-state index contributed by atoms with van der Waals surface area (Å²) >= 11 is 5.91. The molecule has 1 saturated heterocycles. The van der Waals surface area contributed by atoms with Gasteiger partial charge in [-0.25, -0.2) is 0 Å². The predicted molar refractivity (Wildman–Crippen MR) is 100 cm³/mol. The van der Waals surface area contributed by atoms with Gasteiger partial charge in [0.1, 0.15) is 11.9 Å². The van der Waals surface area contributed by atoms with Gasteiger partial charge in [-0.1, -0.05) is 23.7 Å². The highest BCUT2D eigenvalue weighted by Crippen LogP contribution is 2.23. The van der Waals surface area contributed by atoms with Gasteiger partial charge in [0.2, 0.25) is 0 Å². The van der Waals surface area contributed by atoms with Crippen LogP contribution in [0, 0.1) is 0 Å². The number of piperidine rings is 1. The van der Waals surface area contributed by atoms with Crippen molar-refractivity contribution in [2.45, 2.75) is 18.9 Å². The molecule has 1 aromatic heterocycles. The van der Waals surface area contributed by atoms with Crippen LogP contribution in [0.1, 0.15) is 23.2 Å². The van der Waals surface area contributed by atoms with Crippen LogP contribution < -0.4 is 9.75 Å². The maximum Gasteiger partial charge on any atom is 0.150 e. The average molecular weight is 355 g/mol. The number of benzene rings is 2. The van der Waals surface area contributed by atoms with Crippen molar-refractivity contribution in [1.82, 2.24) is 4.68 Å². The Morgan fingerprint density at radius 3 is 2.52 bits per heavy atom. The molecule has 1 aliphatic heterocycles. The van der Waals surface area contributed by atoms with Crippen molar-refractivity contribution in [3.8, 4) is 5.75 Å². The van der Waals surface area contributed by atoms with Gasteiger partial charge in [-0.3, -0.25) is 9.47 Å². The Labute approximate surface area is 151 Å². The monoisotopic (exact) mass is 354 g/mol. The number of hydrogen-bond acceptors (Lipinski definition) is 3. The minimum absolute atomic E-state index is 0.213. The molecule has 0 spiro atoms. The molecule has 0 radical (unpaired) electrons. The molecule has 5 heteroatoms. The van der Waals surface area contributed by atoms with Gasteiger partial charge < -0.3 is 9.75 Å². The van der Waals surface area contributed by atoms with Crippen LogP contribution in [0.3, 0.4) is 0 Å². The maximum atomic E-state index is 11.2. The molecule has 0 aliphatic carbocycles. The highest BCUT2D eigenvalue weighted by Gasteiger charge is 2.21. The second-order valence-electron chi connectivity index (χ2n) is 6.28. The number of halogens is 1. The number of hydrogen-bond donors (Lipinski definition) is 0. The quantitative estimate of drug-likeness (QED) is 0.656. The van der Waals surface area contributed by atoms with Crippen LogP contribution in [0.25, 0.3) is 10.9 Å². The lowest BCUT2D eigenvalue weighted by Crippen LogP contribution is -2.44. The van der Waals surface area contributed by atoms with Crippen LogP contribution >= 0.6 is 11.6 Å². The van der Waals surface area contributed by atoms with Gasteiger partial charge in [0.25, 0.3) is 0 Å². The van der Waals surface area contributed by atoms with Gasteiger partial charge in [-0.05, 0) is 36.4 Å². The molecule has 2 heterocycles. The molecule has 1 aliphatic rings. The third-order valence-corrected chi connectivity index (χ3v) is 4.96. The Morgan fingerprint density at radius 2 is 1.80 bits per heavy atom. The van der Waals surface area contributed by atoms with E-state index in [4.69, 9.17) is 16.3 Å². The molecule has 3 aromatic rings. The van der Waals surface area contributed by atoms with Crippen LogP contribution in [0.2, 0.25) is 5.02 Å². The van der Waals surface area contributed by atoms with E-state index < -0.39 is 0 Å². The first-order chi connectivity index (χ1) is 12.2. The van der Waals surface area contributed by atoms with E-state index >= 15 is 0 Å². The second-order valence-corrected chi connectivity index (χ2v) is 6.72.